The second-order valence-corrected chi connectivity index (χ2v) is 7.54. The van der Waals surface area contributed by atoms with Crippen LogP contribution in [0.25, 0.3) is 11.5 Å². The quantitative estimate of drug-likeness (QED) is 0.789. The van der Waals surface area contributed by atoms with Crippen LogP contribution in [0.5, 0.6) is 0 Å². The Morgan fingerprint density at radius 3 is 2.69 bits per heavy atom. The van der Waals surface area contributed by atoms with Gasteiger partial charge in [-0.15, -0.1) is 5.10 Å². The Kier molecular flexibility index (Phi) is 4.22. The Balaban J connectivity index is 1.39. The number of anilines is 2. The number of likely N-dealkylation sites (tertiary alicyclic amines) is 1. The molecule has 8 nitrogen and oxygen atoms in total. The maximum Gasteiger partial charge on any atom is 0.316 e. The largest absolute Gasteiger partial charge is 0.403 e. The van der Waals surface area contributed by atoms with Crippen LogP contribution in [0.15, 0.2) is 16.5 Å². The summed E-state index contributed by atoms with van der Waals surface area (Å²) in [5, 5.41) is 11.1. The van der Waals surface area contributed by atoms with E-state index in [0.717, 1.165) is 25.9 Å². The molecule has 3 heterocycles. The zero-order valence-corrected chi connectivity index (χ0v) is 15.3. The van der Waals surface area contributed by atoms with Crippen LogP contribution in [0.1, 0.15) is 32.6 Å². The first-order valence-electron chi connectivity index (χ1n) is 8.77. The van der Waals surface area contributed by atoms with E-state index in [2.05, 4.69) is 20.5 Å². The Morgan fingerprint density at radius 2 is 2.04 bits per heavy atom. The Bertz CT molecular complexity index is 824. The number of carbonyl (C=O) groups is 1. The van der Waals surface area contributed by atoms with Crippen LogP contribution in [0.2, 0.25) is 5.15 Å². The number of hydrogen-bond acceptors (Lipinski definition) is 7. The van der Waals surface area contributed by atoms with Crippen molar-refractivity contribution < 1.29 is 9.21 Å². The minimum Gasteiger partial charge on any atom is -0.403 e. The van der Waals surface area contributed by atoms with Gasteiger partial charge in [0, 0.05) is 13.1 Å². The number of carbonyl (C=O) groups excluding carboxylic acids is 1. The number of nitrogen functional groups attached to an aromatic ring is 1. The molecule has 1 amide bonds. The van der Waals surface area contributed by atoms with Gasteiger partial charge in [-0.2, -0.15) is 0 Å². The Morgan fingerprint density at radius 1 is 1.31 bits per heavy atom. The van der Waals surface area contributed by atoms with E-state index in [1.54, 1.807) is 19.1 Å². The van der Waals surface area contributed by atoms with Gasteiger partial charge in [0.05, 0.1) is 5.56 Å². The van der Waals surface area contributed by atoms with E-state index in [1.807, 2.05) is 4.90 Å². The highest BCUT2D eigenvalue weighted by Gasteiger charge is 2.45. The molecule has 26 heavy (non-hydrogen) atoms. The van der Waals surface area contributed by atoms with Crippen LogP contribution >= 0.6 is 11.6 Å². The number of nitrogens with two attached hydrogens (primary N) is 1. The van der Waals surface area contributed by atoms with E-state index in [9.17, 15) is 4.79 Å². The lowest BCUT2D eigenvalue weighted by Crippen LogP contribution is -2.45. The van der Waals surface area contributed by atoms with Gasteiger partial charge in [0.1, 0.15) is 17.0 Å². The van der Waals surface area contributed by atoms with Crippen LogP contribution in [0, 0.1) is 5.41 Å². The van der Waals surface area contributed by atoms with Crippen molar-refractivity contribution in [1.82, 2.24) is 20.1 Å². The number of rotatable bonds is 4. The number of pyridine rings is 1. The van der Waals surface area contributed by atoms with Gasteiger partial charge in [-0.1, -0.05) is 16.7 Å². The first-order chi connectivity index (χ1) is 12.5. The molecule has 0 radical (unpaired) electrons. The molecule has 9 heteroatoms. The van der Waals surface area contributed by atoms with E-state index < -0.39 is 6.04 Å². The summed E-state index contributed by atoms with van der Waals surface area (Å²) in [6.07, 6.45) is 4.85. The molecule has 2 aromatic rings. The standard InChI is InChI=1S/C17H21ClN6O2/c1-10(15(25)24-8-6-17(4-5-17)7-9-24)20-16-23-22-14(26-16)11-2-3-12(19)21-13(11)18/h2-3,10H,4-9H2,1H3,(H2,19,21)(H,20,23)/t10-/m0/s1. The lowest BCUT2D eigenvalue weighted by molar-refractivity contribution is -0.133. The van der Waals surface area contributed by atoms with Crippen molar-refractivity contribution >= 4 is 29.3 Å². The zero-order valence-electron chi connectivity index (χ0n) is 14.5. The number of aromatic nitrogens is 3. The molecule has 2 fully saturated rings. The number of piperidine rings is 1. The molecular weight excluding hydrogens is 356 g/mol. The highest BCUT2D eigenvalue weighted by molar-refractivity contribution is 6.32. The van der Waals surface area contributed by atoms with E-state index in [-0.39, 0.29) is 23.0 Å². The molecule has 2 aliphatic rings. The van der Waals surface area contributed by atoms with Gasteiger partial charge < -0.3 is 20.4 Å². The zero-order chi connectivity index (χ0) is 18.3. The van der Waals surface area contributed by atoms with Crippen LogP contribution in [-0.2, 0) is 4.79 Å². The molecule has 0 aromatic carbocycles. The van der Waals surface area contributed by atoms with Crippen molar-refractivity contribution in [1.29, 1.82) is 0 Å². The van der Waals surface area contributed by atoms with Crippen molar-refractivity contribution in [2.24, 2.45) is 5.41 Å². The molecular formula is C17H21ClN6O2. The summed E-state index contributed by atoms with van der Waals surface area (Å²) in [4.78, 5) is 18.5. The number of nitrogens with zero attached hydrogens (tertiary/aromatic N) is 4. The highest BCUT2D eigenvalue weighted by atomic mass is 35.5. The Labute approximate surface area is 156 Å². The van der Waals surface area contributed by atoms with E-state index in [0.29, 0.717) is 16.8 Å². The summed E-state index contributed by atoms with van der Waals surface area (Å²) >= 11 is 6.06. The van der Waals surface area contributed by atoms with Crippen LogP contribution < -0.4 is 11.1 Å². The fourth-order valence-corrected chi connectivity index (χ4v) is 3.64. The molecule has 3 N–H and O–H groups in total. The predicted octanol–water partition coefficient (Wildman–Crippen LogP) is 2.57. The molecule has 1 spiro atoms. The second-order valence-electron chi connectivity index (χ2n) is 7.18. The number of hydrogen-bond donors (Lipinski definition) is 2. The molecule has 1 aliphatic heterocycles. The molecule has 4 rings (SSSR count). The fourth-order valence-electron chi connectivity index (χ4n) is 3.40. The molecule has 1 saturated carbocycles. The maximum absolute atomic E-state index is 12.6. The van der Waals surface area contributed by atoms with Crippen molar-refractivity contribution in [3.8, 4) is 11.5 Å². The number of amides is 1. The van der Waals surface area contributed by atoms with Gasteiger partial charge in [0.15, 0.2) is 0 Å². The topological polar surface area (TPSA) is 110 Å². The summed E-state index contributed by atoms with van der Waals surface area (Å²) in [6.45, 7) is 3.45. The van der Waals surface area contributed by atoms with Gasteiger partial charge in [-0.3, -0.25) is 4.79 Å². The van der Waals surface area contributed by atoms with Crippen LogP contribution in [0.4, 0.5) is 11.8 Å². The predicted molar refractivity (Wildman–Crippen MR) is 97.5 cm³/mol. The third-order valence-electron chi connectivity index (χ3n) is 5.33. The SMILES string of the molecule is C[C@H](Nc1nnc(-c2ccc(N)nc2Cl)o1)C(=O)N1CCC2(CC1)CC2. The minimum absolute atomic E-state index is 0.0485. The third-order valence-corrected chi connectivity index (χ3v) is 5.62. The van der Waals surface area contributed by atoms with Crippen molar-refractivity contribution in [2.45, 2.75) is 38.6 Å². The van der Waals surface area contributed by atoms with Crippen molar-refractivity contribution in [3.05, 3.63) is 17.3 Å². The molecule has 0 bridgehead atoms. The lowest BCUT2D eigenvalue weighted by Gasteiger charge is -2.33. The van der Waals surface area contributed by atoms with Crippen molar-refractivity contribution in [2.75, 3.05) is 24.1 Å². The summed E-state index contributed by atoms with van der Waals surface area (Å²) in [5.74, 6) is 0.580. The third kappa shape index (κ3) is 3.33. The fraction of sp³-hybridized carbons (Fsp3) is 0.529. The van der Waals surface area contributed by atoms with Gasteiger partial charge in [0.2, 0.25) is 5.91 Å². The van der Waals surface area contributed by atoms with Crippen molar-refractivity contribution in [3.63, 3.8) is 0 Å². The Hall–Kier alpha value is -2.35. The van der Waals surface area contributed by atoms with E-state index in [1.165, 1.54) is 12.8 Å². The molecule has 1 saturated heterocycles. The van der Waals surface area contributed by atoms with Crippen LogP contribution in [0.3, 0.4) is 0 Å². The highest BCUT2D eigenvalue weighted by Crippen LogP contribution is 2.53. The molecule has 1 atom stereocenters. The second kappa shape index (κ2) is 6.42. The lowest BCUT2D eigenvalue weighted by atomic mass is 9.93. The van der Waals surface area contributed by atoms with Gasteiger partial charge in [0.25, 0.3) is 5.89 Å². The molecule has 0 unspecified atom stereocenters. The van der Waals surface area contributed by atoms with Gasteiger partial charge in [-0.05, 0) is 50.2 Å². The monoisotopic (exact) mass is 376 g/mol. The van der Waals surface area contributed by atoms with Gasteiger partial charge in [-0.25, -0.2) is 4.98 Å². The maximum atomic E-state index is 12.6. The summed E-state index contributed by atoms with van der Waals surface area (Å²) in [5.41, 5.74) is 6.62. The molecule has 2 aromatic heterocycles. The minimum atomic E-state index is -0.448. The average Bonchev–Trinajstić information content (AvgIpc) is 3.21. The first kappa shape index (κ1) is 17.1. The number of nitrogens with one attached hydrogen (secondary N) is 1. The summed E-state index contributed by atoms with van der Waals surface area (Å²) in [7, 11) is 0. The number of halogens is 1. The molecule has 1 aliphatic carbocycles. The van der Waals surface area contributed by atoms with Crippen LogP contribution in [-0.4, -0.2) is 45.1 Å². The summed E-state index contributed by atoms with van der Waals surface area (Å²) < 4.78 is 5.57. The smallest absolute Gasteiger partial charge is 0.316 e. The normalized spacial score (nSPS) is 19.4. The van der Waals surface area contributed by atoms with E-state index >= 15 is 0 Å². The summed E-state index contributed by atoms with van der Waals surface area (Å²) in [6, 6.07) is 2.99. The average molecular weight is 377 g/mol. The van der Waals surface area contributed by atoms with E-state index in [4.69, 9.17) is 21.8 Å². The van der Waals surface area contributed by atoms with Gasteiger partial charge >= 0.3 is 6.01 Å². The molecule has 138 valence electrons. The first-order valence-corrected chi connectivity index (χ1v) is 9.15.